The maximum atomic E-state index is 12.1. The molecule has 0 radical (unpaired) electrons. The van der Waals surface area contributed by atoms with Gasteiger partial charge in [-0.1, -0.05) is 35.3 Å². The van der Waals surface area contributed by atoms with Crippen LogP contribution in [0.15, 0.2) is 42.5 Å². The van der Waals surface area contributed by atoms with Crippen LogP contribution in [-0.4, -0.2) is 43.3 Å². The number of esters is 1. The second kappa shape index (κ2) is 9.43. The third kappa shape index (κ3) is 5.36. The normalized spacial score (nSPS) is 11.5. The lowest BCUT2D eigenvalue weighted by Crippen LogP contribution is -2.35. The number of aliphatic hydroxyl groups excluding tert-OH is 1. The molecule has 0 aromatic heterocycles. The Kier molecular flexibility index (Phi) is 7.26. The topological polar surface area (TPSA) is 84.9 Å². The summed E-state index contributed by atoms with van der Waals surface area (Å²) in [4.78, 5) is 23.6. The van der Waals surface area contributed by atoms with Crippen LogP contribution in [0.25, 0.3) is 0 Å². The SMILES string of the molecule is COC(=O)c1cccc(C(=O)NCC(O)COc2cccc(Cl)c2Cl)c1. The summed E-state index contributed by atoms with van der Waals surface area (Å²) in [6, 6.07) is 11.0. The molecular formula is C18H17Cl2NO5. The zero-order valence-corrected chi connectivity index (χ0v) is 15.4. The molecule has 2 rings (SSSR count). The van der Waals surface area contributed by atoms with Crippen LogP contribution in [0.5, 0.6) is 5.75 Å². The highest BCUT2D eigenvalue weighted by atomic mass is 35.5. The lowest BCUT2D eigenvalue weighted by molar-refractivity contribution is 0.0600. The van der Waals surface area contributed by atoms with Gasteiger partial charge in [-0.25, -0.2) is 4.79 Å². The monoisotopic (exact) mass is 397 g/mol. The summed E-state index contributed by atoms with van der Waals surface area (Å²) >= 11 is 11.9. The molecule has 0 aliphatic carbocycles. The van der Waals surface area contributed by atoms with Gasteiger partial charge >= 0.3 is 5.97 Å². The molecule has 1 atom stereocenters. The van der Waals surface area contributed by atoms with Crippen molar-refractivity contribution < 1.29 is 24.2 Å². The Bertz CT molecular complexity index is 797. The number of nitrogens with one attached hydrogen (secondary N) is 1. The number of halogens is 2. The van der Waals surface area contributed by atoms with Crippen molar-refractivity contribution in [3.63, 3.8) is 0 Å². The number of carbonyl (C=O) groups is 2. The predicted molar refractivity (Wildman–Crippen MR) is 98.1 cm³/mol. The Morgan fingerprint density at radius 1 is 1.15 bits per heavy atom. The van der Waals surface area contributed by atoms with Crippen LogP contribution in [-0.2, 0) is 4.74 Å². The number of carbonyl (C=O) groups excluding carboxylic acids is 2. The Labute approximate surface area is 160 Å². The molecule has 1 amide bonds. The van der Waals surface area contributed by atoms with Crippen LogP contribution in [0.4, 0.5) is 0 Å². The van der Waals surface area contributed by atoms with Gasteiger partial charge in [-0.3, -0.25) is 4.79 Å². The van der Waals surface area contributed by atoms with E-state index < -0.39 is 18.0 Å². The molecule has 0 bridgehead atoms. The van der Waals surface area contributed by atoms with Crippen molar-refractivity contribution >= 4 is 35.1 Å². The van der Waals surface area contributed by atoms with E-state index in [0.717, 1.165) is 0 Å². The number of hydrogen-bond acceptors (Lipinski definition) is 5. The van der Waals surface area contributed by atoms with Crippen molar-refractivity contribution in [1.29, 1.82) is 0 Å². The number of ether oxygens (including phenoxy) is 2. The quantitative estimate of drug-likeness (QED) is 0.701. The smallest absolute Gasteiger partial charge is 0.337 e. The van der Waals surface area contributed by atoms with Gasteiger partial charge in [-0.05, 0) is 30.3 Å². The molecule has 0 saturated heterocycles. The fourth-order valence-electron chi connectivity index (χ4n) is 2.06. The van der Waals surface area contributed by atoms with Gasteiger partial charge in [-0.2, -0.15) is 0 Å². The summed E-state index contributed by atoms with van der Waals surface area (Å²) in [5.41, 5.74) is 0.540. The molecule has 138 valence electrons. The van der Waals surface area contributed by atoms with Gasteiger partial charge in [0.25, 0.3) is 5.91 Å². The van der Waals surface area contributed by atoms with Gasteiger partial charge in [-0.15, -0.1) is 0 Å². The fourth-order valence-corrected chi connectivity index (χ4v) is 2.40. The summed E-state index contributed by atoms with van der Waals surface area (Å²) in [5.74, 6) is -0.627. The Balaban J connectivity index is 1.87. The highest BCUT2D eigenvalue weighted by Crippen LogP contribution is 2.31. The summed E-state index contributed by atoms with van der Waals surface area (Å²) in [7, 11) is 1.26. The van der Waals surface area contributed by atoms with Crippen LogP contribution in [0.1, 0.15) is 20.7 Å². The van der Waals surface area contributed by atoms with Gasteiger partial charge in [0.1, 0.15) is 23.5 Å². The molecular weight excluding hydrogens is 381 g/mol. The minimum atomic E-state index is -0.960. The molecule has 6 nitrogen and oxygen atoms in total. The maximum absolute atomic E-state index is 12.1. The van der Waals surface area contributed by atoms with E-state index in [1.54, 1.807) is 36.4 Å². The third-order valence-electron chi connectivity index (χ3n) is 3.39. The average Bonchev–Trinajstić information content (AvgIpc) is 2.66. The number of amides is 1. The number of hydrogen-bond donors (Lipinski definition) is 2. The number of aliphatic hydroxyl groups is 1. The second-order valence-corrected chi connectivity index (χ2v) is 6.08. The minimum absolute atomic E-state index is 0.0422. The third-order valence-corrected chi connectivity index (χ3v) is 4.19. The molecule has 0 fully saturated rings. The van der Waals surface area contributed by atoms with Gasteiger partial charge < -0.3 is 19.9 Å². The molecule has 0 saturated carbocycles. The predicted octanol–water partition coefficient (Wildman–Crippen LogP) is 2.95. The van der Waals surface area contributed by atoms with Crippen LogP contribution >= 0.6 is 23.2 Å². The first kappa shape index (κ1) is 20.0. The molecule has 2 aromatic rings. The highest BCUT2D eigenvalue weighted by molar-refractivity contribution is 6.42. The summed E-state index contributed by atoms with van der Waals surface area (Å²) in [6.45, 7) is -0.123. The molecule has 1 unspecified atom stereocenters. The second-order valence-electron chi connectivity index (χ2n) is 5.30. The first-order valence-corrected chi connectivity index (χ1v) is 8.39. The highest BCUT2D eigenvalue weighted by Gasteiger charge is 2.13. The lowest BCUT2D eigenvalue weighted by Gasteiger charge is -2.14. The zero-order valence-electron chi connectivity index (χ0n) is 13.9. The van der Waals surface area contributed by atoms with Crippen molar-refractivity contribution in [3.05, 3.63) is 63.6 Å². The Hall–Kier alpha value is -2.28. The van der Waals surface area contributed by atoms with E-state index in [1.165, 1.54) is 13.2 Å². The molecule has 8 heteroatoms. The lowest BCUT2D eigenvalue weighted by atomic mass is 10.1. The van der Waals surface area contributed by atoms with E-state index in [-0.39, 0.29) is 29.3 Å². The van der Waals surface area contributed by atoms with Gasteiger partial charge in [0, 0.05) is 12.1 Å². The summed E-state index contributed by atoms with van der Waals surface area (Å²) in [6.07, 6.45) is -0.960. The molecule has 0 aliphatic heterocycles. The van der Waals surface area contributed by atoms with Gasteiger partial charge in [0.05, 0.1) is 17.7 Å². The van der Waals surface area contributed by atoms with E-state index in [4.69, 9.17) is 27.9 Å². The van der Waals surface area contributed by atoms with E-state index in [2.05, 4.69) is 10.1 Å². The van der Waals surface area contributed by atoms with E-state index in [1.807, 2.05) is 0 Å². The molecule has 2 N–H and O–H groups in total. The van der Waals surface area contributed by atoms with Crippen molar-refractivity contribution in [2.24, 2.45) is 0 Å². The largest absolute Gasteiger partial charge is 0.489 e. The van der Waals surface area contributed by atoms with E-state index in [0.29, 0.717) is 10.8 Å². The average molecular weight is 398 g/mol. The van der Waals surface area contributed by atoms with Crippen LogP contribution in [0.2, 0.25) is 10.0 Å². The zero-order chi connectivity index (χ0) is 19.1. The first-order chi connectivity index (χ1) is 12.4. The summed E-state index contributed by atoms with van der Waals surface area (Å²) < 4.78 is 10.0. The van der Waals surface area contributed by atoms with Gasteiger partial charge in [0.2, 0.25) is 0 Å². The molecule has 2 aromatic carbocycles. The van der Waals surface area contributed by atoms with Crippen LogP contribution in [0, 0.1) is 0 Å². The number of methoxy groups -OCH3 is 1. The standard InChI is InChI=1S/C18H17Cl2NO5/c1-25-18(24)12-5-2-4-11(8-12)17(23)21-9-13(22)10-26-15-7-3-6-14(19)16(15)20/h2-8,13,22H,9-10H2,1H3,(H,21,23). The number of benzene rings is 2. The maximum Gasteiger partial charge on any atom is 0.337 e. The van der Waals surface area contributed by atoms with Crippen molar-refractivity contribution in [1.82, 2.24) is 5.32 Å². The molecule has 0 aliphatic rings. The van der Waals surface area contributed by atoms with E-state index >= 15 is 0 Å². The van der Waals surface area contributed by atoms with Crippen molar-refractivity contribution in [2.45, 2.75) is 6.10 Å². The van der Waals surface area contributed by atoms with E-state index in [9.17, 15) is 14.7 Å². The molecule has 0 heterocycles. The summed E-state index contributed by atoms with van der Waals surface area (Å²) in [5, 5.41) is 13.1. The van der Waals surface area contributed by atoms with Crippen molar-refractivity contribution in [3.8, 4) is 5.75 Å². The Morgan fingerprint density at radius 2 is 1.85 bits per heavy atom. The van der Waals surface area contributed by atoms with Crippen molar-refractivity contribution in [2.75, 3.05) is 20.3 Å². The number of rotatable bonds is 7. The van der Waals surface area contributed by atoms with Crippen LogP contribution in [0.3, 0.4) is 0 Å². The first-order valence-electron chi connectivity index (χ1n) is 7.64. The Morgan fingerprint density at radius 3 is 2.58 bits per heavy atom. The minimum Gasteiger partial charge on any atom is -0.489 e. The molecule has 0 spiro atoms. The molecule has 26 heavy (non-hydrogen) atoms. The van der Waals surface area contributed by atoms with Crippen LogP contribution < -0.4 is 10.1 Å². The van der Waals surface area contributed by atoms with Gasteiger partial charge in [0.15, 0.2) is 0 Å². The fraction of sp³-hybridized carbons (Fsp3) is 0.222.